The first kappa shape index (κ1) is 25.0. The van der Waals surface area contributed by atoms with E-state index in [2.05, 4.69) is 16.7 Å². The molecule has 2 N–H and O–H groups in total. The summed E-state index contributed by atoms with van der Waals surface area (Å²) in [5.74, 6) is -1.57. The average molecular weight is 441 g/mol. The fraction of sp³-hybridized carbons (Fsp3) is 0.458. The molecule has 1 heterocycles. The van der Waals surface area contributed by atoms with Crippen LogP contribution >= 0.6 is 0 Å². The van der Waals surface area contributed by atoms with Gasteiger partial charge in [0.15, 0.2) is 5.78 Å². The highest BCUT2D eigenvalue weighted by Gasteiger charge is 2.23. The third kappa shape index (κ3) is 7.44. The molecule has 0 saturated carbocycles. The van der Waals surface area contributed by atoms with Gasteiger partial charge in [0.1, 0.15) is 0 Å². The fourth-order valence-corrected chi connectivity index (χ4v) is 3.27. The van der Waals surface area contributed by atoms with Gasteiger partial charge in [0.2, 0.25) is 11.8 Å². The summed E-state index contributed by atoms with van der Waals surface area (Å²) in [7, 11) is 0. The van der Waals surface area contributed by atoms with E-state index in [1.807, 2.05) is 32.9 Å². The van der Waals surface area contributed by atoms with Crippen LogP contribution in [0.2, 0.25) is 0 Å². The van der Waals surface area contributed by atoms with Crippen molar-refractivity contribution in [2.45, 2.75) is 51.9 Å². The van der Waals surface area contributed by atoms with Gasteiger partial charge in [0, 0.05) is 30.7 Å². The highest BCUT2D eigenvalue weighted by Crippen LogP contribution is 2.25. The number of Topliss-reactive ketones (excluding diaryl/α,β-unsaturated/α-hetero) is 1. The van der Waals surface area contributed by atoms with Gasteiger partial charge in [-0.05, 0) is 29.9 Å². The number of ketones is 1. The Kier molecular flexibility index (Phi) is 8.87. The molecule has 8 heteroatoms. The number of nitrogens with zero attached hydrogens (tertiary/aromatic N) is 1. The third-order valence-corrected chi connectivity index (χ3v) is 5.02. The van der Waals surface area contributed by atoms with Gasteiger partial charge < -0.3 is 10.6 Å². The van der Waals surface area contributed by atoms with Crippen molar-refractivity contribution in [3.05, 3.63) is 47.5 Å². The van der Waals surface area contributed by atoms with E-state index in [0.717, 1.165) is 5.56 Å². The van der Waals surface area contributed by atoms with Crippen LogP contribution < -0.4 is 10.6 Å². The minimum Gasteiger partial charge on any atom is -0.347 e. The van der Waals surface area contributed by atoms with Crippen molar-refractivity contribution in [1.82, 2.24) is 15.5 Å². The minimum atomic E-state index is -0.446. The van der Waals surface area contributed by atoms with E-state index in [1.165, 1.54) is 17.1 Å². The minimum absolute atomic E-state index is 0.166. The van der Waals surface area contributed by atoms with Crippen LogP contribution in [0.15, 0.2) is 30.4 Å². The monoisotopic (exact) mass is 440 g/mol. The summed E-state index contributed by atoms with van der Waals surface area (Å²) in [5, 5.41) is 5.06. The van der Waals surface area contributed by atoms with Gasteiger partial charge >= 0.3 is 0 Å². The molecular weight excluding hydrogens is 410 g/mol. The number of nitrogens with one attached hydrogen (secondary N) is 2. The predicted octanol–water partition coefficient (Wildman–Crippen LogP) is 1.68. The molecule has 1 aliphatic rings. The van der Waals surface area contributed by atoms with Crippen molar-refractivity contribution in [3.63, 3.8) is 0 Å². The fourth-order valence-electron chi connectivity index (χ4n) is 3.27. The number of imide groups is 1. The van der Waals surface area contributed by atoms with Gasteiger partial charge in [0.05, 0.1) is 13.1 Å². The van der Waals surface area contributed by atoms with E-state index in [4.69, 9.17) is 0 Å². The Labute approximate surface area is 188 Å². The number of benzene rings is 1. The van der Waals surface area contributed by atoms with Gasteiger partial charge in [-0.1, -0.05) is 45.4 Å². The molecule has 1 aromatic rings. The second kappa shape index (κ2) is 11.4. The van der Waals surface area contributed by atoms with Crippen molar-refractivity contribution in [3.8, 4) is 0 Å². The van der Waals surface area contributed by atoms with Crippen LogP contribution in [0.5, 0.6) is 0 Å². The predicted molar refractivity (Wildman–Crippen MR) is 119 cm³/mol. The molecule has 0 aliphatic carbocycles. The van der Waals surface area contributed by atoms with Gasteiger partial charge in [-0.2, -0.15) is 0 Å². The lowest BCUT2D eigenvalue weighted by Crippen LogP contribution is -2.39. The first-order valence-corrected chi connectivity index (χ1v) is 10.7. The van der Waals surface area contributed by atoms with Crippen LogP contribution in [0.25, 0.3) is 0 Å². The number of carbonyl (C=O) groups excluding carboxylic acids is 5. The molecule has 0 fully saturated rings. The molecule has 0 aromatic heterocycles. The van der Waals surface area contributed by atoms with E-state index in [9.17, 15) is 24.0 Å². The molecule has 1 aromatic carbocycles. The molecule has 4 amide bonds. The lowest BCUT2D eigenvalue weighted by Gasteiger charge is -2.22. The van der Waals surface area contributed by atoms with Crippen LogP contribution in [0.4, 0.5) is 0 Å². The molecular formula is C24H30N3O5. The first-order chi connectivity index (χ1) is 15.1. The Morgan fingerprint density at radius 1 is 0.938 bits per heavy atom. The van der Waals surface area contributed by atoms with Crippen molar-refractivity contribution >= 4 is 29.4 Å². The van der Waals surface area contributed by atoms with E-state index >= 15 is 0 Å². The third-order valence-electron chi connectivity index (χ3n) is 5.02. The maximum atomic E-state index is 12.5. The molecule has 0 spiro atoms. The number of hydrogen-bond acceptors (Lipinski definition) is 5. The van der Waals surface area contributed by atoms with E-state index < -0.39 is 5.91 Å². The van der Waals surface area contributed by atoms with Crippen LogP contribution in [-0.4, -0.2) is 53.9 Å². The molecule has 0 atom stereocenters. The summed E-state index contributed by atoms with van der Waals surface area (Å²) in [6.07, 6.45) is 4.60. The summed E-state index contributed by atoms with van der Waals surface area (Å²) >= 11 is 0. The van der Waals surface area contributed by atoms with Gasteiger partial charge in [0.25, 0.3) is 11.8 Å². The quantitative estimate of drug-likeness (QED) is 0.309. The highest BCUT2D eigenvalue weighted by atomic mass is 16.2. The van der Waals surface area contributed by atoms with E-state index in [-0.39, 0.29) is 48.4 Å². The molecule has 8 nitrogen and oxygen atoms in total. The van der Waals surface area contributed by atoms with Crippen LogP contribution in [-0.2, 0) is 24.6 Å². The standard InChI is InChI=1S/C24H30N3O5/c1-24(2,3)18-10-7-6-9-17(18)19(28)15-25-21(30)16-26-20(29)11-5-4-8-14-27-22(31)12-13-23(27)32/h6-7,10,12-13H,4-5,8,11,14-16H2,1-3H3,(H,25,30)(H,26,29). The Bertz CT molecular complexity index is 896. The number of carbonyl (C=O) groups is 5. The zero-order valence-electron chi connectivity index (χ0n) is 18.8. The van der Waals surface area contributed by atoms with Crippen molar-refractivity contribution < 1.29 is 24.0 Å². The molecule has 1 radical (unpaired) electrons. The van der Waals surface area contributed by atoms with Gasteiger partial charge in [-0.15, -0.1) is 0 Å². The normalized spacial score (nSPS) is 13.4. The molecule has 0 saturated heterocycles. The molecule has 2 rings (SSSR count). The molecule has 32 heavy (non-hydrogen) atoms. The Morgan fingerprint density at radius 3 is 2.25 bits per heavy atom. The summed E-state index contributed by atoms with van der Waals surface area (Å²) in [6.45, 7) is 5.97. The lowest BCUT2D eigenvalue weighted by molar-refractivity contribution is -0.137. The molecule has 1 aliphatic heterocycles. The van der Waals surface area contributed by atoms with E-state index in [1.54, 1.807) is 6.07 Å². The van der Waals surface area contributed by atoms with Crippen LogP contribution in [0.3, 0.4) is 0 Å². The topological polar surface area (TPSA) is 113 Å². The molecule has 0 unspecified atom stereocenters. The zero-order chi connectivity index (χ0) is 23.7. The Morgan fingerprint density at radius 2 is 1.59 bits per heavy atom. The smallest absolute Gasteiger partial charge is 0.253 e. The largest absolute Gasteiger partial charge is 0.347 e. The second-order valence-corrected chi connectivity index (χ2v) is 8.66. The maximum Gasteiger partial charge on any atom is 0.253 e. The lowest BCUT2D eigenvalue weighted by atomic mass is 9.82. The number of unbranched alkanes of at least 4 members (excludes halogenated alkanes) is 2. The number of amides is 4. The Balaban J connectivity index is 1.63. The van der Waals surface area contributed by atoms with E-state index in [0.29, 0.717) is 31.4 Å². The number of rotatable bonds is 11. The highest BCUT2D eigenvalue weighted by molar-refractivity contribution is 6.12. The summed E-state index contributed by atoms with van der Waals surface area (Å²) in [5.41, 5.74) is 1.09. The van der Waals surface area contributed by atoms with Gasteiger partial charge in [-0.3, -0.25) is 28.9 Å². The van der Waals surface area contributed by atoms with Crippen LogP contribution in [0, 0.1) is 6.07 Å². The van der Waals surface area contributed by atoms with Crippen molar-refractivity contribution in [2.24, 2.45) is 0 Å². The average Bonchev–Trinajstić information content (AvgIpc) is 3.07. The SMILES string of the molecule is CC(C)(C)c1ccc[c]c1C(=O)CNC(=O)CNC(=O)CCCCCN1C(=O)C=CC1=O. The summed E-state index contributed by atoms with van der Waals surface area (Å²) in [4.78, 5) is 60.4. The van der Waals surface area contributed by atoms with Crippen molar-refractivity contribution in [2.75, 3.05) is 19.6 Å². The second-order valence-electron chi connectivity index (χ2n) is 8.66. The zero-order valence-corrected chi connectivity index (χ0v) is 18.8. The molecule has 0 bridgehead atoms. The van der Waals surface area contributed by atoms with Gasteiger partial charge in [-0.25, -0.2) is 0 Å². The van der Waals surface area contributed by atoms with Crippen LogP contribution in [0.1, 0.15) is 62.4 Å². The van der Waals surface area contributed by atoms with Crippen molar-refractivity contribution in [1.29, 1.82) is 0 Å². The maximum absolute atomic E-state index is 12.5. The molecule has 171 valence electrons. The Hall–Kier alpha value is -3.29. The number of hydrogen-bond donors (Lipinski definition) is 2. The summed E-state index contributed by atoms with van der Waals surface area (Å²) < 4.78 is 0. The summed E-state index contributed by atoms with van der Waals surface area (Å²) in [6, 6.07) is 8.33. The first-order valence-electron chi connectivity index (χ1n) is 10.7.